The van der Waals surface area contributed by atoms with Crippen molar-refractivity contribution in [3.63, 3.8) is 0 Å². The Morgan fingerprint density at radius 2 is 0.519 bits per heavy atom. The average Bonchev–Trinajstić information content (AvgIpc) is 3.43. The number of hydrogen-bond donors (Lipinski definition) is 0. The van der Waals surface area contributed by atoms with E-state index in [0.717, 1.165) is 167 Å². The minimum absolute atomic E-state index is 0.116. The third kappa shape index (κ3) is 61.5. The van der Waals surface area contributed by atoms with Gasteiger partial charge in [0.25, 0.3) is 0 Å². The Morgan fingerprint density at radius 1 is 0.273 bits per heavy atom. The minimum atomic E-state index is -0.824. The number of ether oxygens (including phenoxy) is 3. The summed E-state index contributed by atoms with van der Waals surface area (Å²) >= 11 is 0. The first kappa shape index (κ1) is 71.8. The van der Waals surface area contributed by atoms with E-state index in [-0.39, 0.29) is 37.5 Å². The van der Waals surface area contributed by atoms with Gasteiger partial charge in [0.1, 0.15) is 13.2 Å². The van der Waals surface area contributed by atoms with Crippen molar-refractivity contribution in [2.75, 3.05) is 13.2 Å². The number of hydrogen-bond acceptors (Lipinski definition) is 6. The van der Waals surface area contributed by atoms with E-state index in [0.29, 0.717) is 19.3 Å². The standard InChI is InChI=1S/C71H110O6/c1-4-7-10-13-16-19-22-25-27-29-31-33-35-37-39-41-43-46-49-52-55-58-61-64-70(73)76-67-68(66-75-69(72)63-60-57-54-51-48-45-24-21-18-15-12-9-6-3)77-71(74)65-62-59-56-53-50-47-44-42-40-38-36-34-32-30-28-26-23-20-17-14-11-8-5-2/h7-8,10-12,15-17,19-21,24-28,31-34,37-40,43,46,52,55,68H,4-6,9,13-14,18,22-23,29-30,35-36,41-42,44-45,47-51,53-54,56-67H2,1-3H3/b10-7-,11-8-,15-12-,19-16-,20-17-,24-21-,27-25-,28-26-,33-31-,34-32-,39-37-,40-38-,46-43-,55-52-. The van der Waals surface area contributed by atoms with E-state index in [9.17, 15) is 14.4 Å². The molecule has 0 bridgehead atoms. The molecular weight excluding hydrogens is 949 g/mol. The first-order valence-corrected chi connectivity index (χ1v) is 30.6. The Morgan fingerprint density at radius 3 is 0.844 bits per heavy atom. The van der Waals surface area contributed by atoms with Gasteiger partial charge < -0.3 is 14.2 Å². The van der Waals surface area contributed by atoms with Crippen LogP contribution in [0, 0.1) is 0 Å². The highest BCUT2D eigenvalue weighted by Crippen LogP contribution is 2.13. The second-order valence-corrected chi connectivity index (χ2v) is 19.5. The highest BCUT2D eigenvalue weighted by atomic mass is 16.6. The normalized spacial score (nSPS) is 13.3. The Bertz CT molecular complexity index is 1790. The quantitative estimate of drug-likeness (QED) is 0.0261. The fourth-order valence-electron chi connectivity index (χ4n) is 7.67. The van der Waals surface area contributed by atoms with Crippen LogP contribution in [0.5, 0.6) is 0 Å². The largest absolute Gasteiger partial charge is 0.462 e. The molecule has 0 aliphatic rings. The summed E-state index contributed by atoms with van der Waals surface area (Å²) in [5.74, 6) is -1.01. The number of allylic oxidation sites excluding steroid dienone is 28. The summed E-state index contributed by atoms with van der Waals surface area (Å²) in [4.78, 5) is 38.2. The maximum atomic E-state index is 12.9. The molecule has 6 heteroatoms. The zero-order chi connectivity index (χ0) is 55.7. The predicted molar refractivity (Wildman–Crippen MR) is 334 cm³/mol. The fourth-order valence-corrected chi connectivity index (χ4v) is 7.67. The summed E-state index contributed by atoms with van der Waals surface area (Å²) in [6, 6.07) is 0. The smallest absolute Gasteiger partial charge is 0.306 e. The van der Waals surface area contributed by atoms with Gasteiger partial charge in [0.15, 0.2) is 6.10 Å². The van der Waals surface area contributed by atoms with Crippen molar-refractivity contribution in [3.8, 4) is 0 Å². The van der Waals surface area contributed by atoms with Gasteiger partial charge in [-0.2, -0.15) is 0 Å². The Kier molecular flexibility index (Phi) is 59.0. The first-order valence-electron chi connectivity index (χ1n) is 30.6. The molecule has 1 unspecified atom stereocenters. The molecule has 0 heterocycles. The zero-order valence-electron chi connectivity index (χ0n) is 49.1. The van der Waals surface area contributed by atoms with Crippen LogP contribution in [0.15, 0.2) is 170 Å². The summed E-state index contributed by atoms with van der Waals surface area (Å²) in [5.41, 5.74) is 0. The van der Waals surface area contributed by atoms with E-state index in [1.807, 2.05) is 0 Å². The molecule has 1 atom stereocenters. The molecule has 0 aliphatic carbocycles. The molecule has 0 N–H and O–H groups in total. The highest BCUT2D eigenvalue weighted by Gasteiger charge is 2.19. The van der Waals surface area contributed by atoms with Crippen molar-refractivity contribution in [2.45, 2.75) is 245 Å². The van der Waals surface area contributed by atoms with Crippen molar-refractivity contribution < 1.29 is 28.6 Å². The van der Waals surface area contributed by atoms with E-state index in [1.165, 1.54) is 25.7 Å². The average molecular weight is 1060 g/mol. The summed E-state index contributed by atoms with van der Waals surface area (Å²) < 4.78 is 16.8. The van der Waals surface area contributed by atoms with Gasteiger partial charge in [0, 0.05) is 19.3 Å². The number of carbonyl (C=O) groups is 3. The molecule has 0 spiro atoms. The van der Waals surface area contributed by atoms with Crippen molar-refractivity contribution in [1.29, 1.82) is 0 Å². The van der Waals surface area contributed by atoms with E-state index in [4.69, 9.17) is 14.2 Å². The predicted octanol–water partition coefficient (Wildman–Crippen LogP) is 21.1. The SMILES string of the molecule is CC/C=C\C/C=C\C/C=C\C/C=C\C/C=C\C/C=C\C/C=C\CCCC(=O)OCC(COC(=O)CCCCCCC/C=C\C/C=C\CCC)OC(=O)CCCCCCCCC/C=C\C/C=C\C/C=C\C/C=C\C/C=C\CC. The van der Waals surface area contributed by atoms with E-state index in [1.54, 1.807) is 0 Å². The van der Waals surface area contributed by atoms with Gasteiger partial charge in [-0.1, -0.05) is 249 Å². The van der Waals surface area contributed by atoms with E-state index in [2.05, 4.69) is 191 Å². The summed E-state index contributed by atoms with van der Waals surface area (Å²) in [7, 11) is 0. The van der Waals surface area contributed by atoms with Crippen LogP contribution < -0.4 is 0 Å². The minimum Gasteiger partial charge on any atom is -0.462 e. The molecule has 77 heavy (non-hydrogen) atoms. The lowest BCUT2D eigenvalue weighted by Crippen LogP contribution is -2.30. The molecule has 0 aromatic carbocycles. The summed E-state index contributed by atoms with van der Waals surface area (Å²) in [6.07, 6.45) is 93.5. The topological polar surface area (TPSA) is 78.9 Å². The third-order valence-electron chi connectivity index (χ3n) is 12.2. The van der Waals surface area contributed by atoms with Gasteiger partial charge in [-0.05, 0) is 141 Å². The molecule has 0 aliphatic heterocycles. The molecule has 430 valence electrons. The van der Waals surface area contributed by atoms with Gasteiger partial charge in [0.2, 0.25) is 0 Å². The molecule has 0 fully saturated rings. The summed E-state index contributed by atoms with van der Waals surface area (Å²) in [6.45, 7) is 6.26. The molecule has 0 saturated heterocycles. The van der Waals surface area contributed by atoms with Gasteiger partial charge in [0.05, 0.1) is 0 Å². The van der Waals surface area contributed by atoms with Gasteiger partial charge in [-0.3, -0.25) is 14.4 Å². The molecule has 0 aromatic heterocycles. The van der Waals surface area contributed by atoms with Gasteiger partial charge >= 0.3 is 17.9 Å². The maximum Gasteiger partial charge on any atom is 0.306 e. The number of esters is 3. The Hall–Kier alpha value is -5.23. The molecule has 0 rings (SSSR count). The van der Waals surface area contributed by atoms with Crippen LogP contribution in [-0.4, -0.2) is 37.2 Å². The van der Waals surface area contributed by atoms with E-state index < -0.39 is 6.10 Å². The van der Waals surface area contributed by atoms with Crippen LogP contribution in [0.25, 0.3) is 0 Å². The molecule has 0 amide bonds. The van der Waals surface area contributed by atoms with Crippen molar-refractivity contribution >= 4 is 17.9 Å². The van der Waals surface area contributed by atoms with Crippen LogP contribution in [0.2, 0.25) is 0 Å². The molecule has 0 aromatic rings. The number of unbranched alkanes of at least 4 members (excludes halogenated alkanes) is 14. The second kappa shape index (κ2) is 63.3. The monoisotopic (exact) mass is 1060 g/mol. The third-order valence-corrected chi connectivity index (χ3v) is 12.2. The van der Waals surface area contributed by atoms with Crippen LogP contribution in [-0.2, 0) is 28.6 Å². The van der Waals surface area contributed by atoms with Gasteiger partial charge in [-0.15, -0.1) is 0 Å². The fraction of sp³-hybridized carbons (Fsp3) is 0.563. The number of rotatable bonds is 53. The second-order valence-electron chi connectivity index (χ2n) is 19.5. The molecule has 0 saturated carbocycles. The molecule has 0 radical (unpaired) electrons. The lowest BCUT2D eigenvalue weighted by atomic mass is 10.1. The van der Waals surface area contributed by atoms with Crippen molar-refractivity contribution in [3.05, 3.63) is 170 Å². The van der Waals surface area contributed by atoms with Crippen LogP contribution in [0.1, 0.15) is 239 Å². The Balaban J connectivity index is 4.52. The Labute approximate surface area is 472 Å². The lowest BCUT2D eigenvalue weighted by Gasteiger charge is -2.18. The van der Waals surface area contributed by atoms with Gasteiger partial charge in [-0.25, -0.2) is 0 Å². The van der Waals surface area contributed by atoms with Crippen LogP contribution in [0.4, 0.5) is 0 Å². The first-order chi connectivity index (χ1) is 38.0. The molecular formula is C71H110O6. The summed E-state index contributed by atoms with van der Waals surface area (Å²) in [5, 5.41) is 0. The highest BCUT2D eigenvalue weighted by molar-refractivity contribution is 5.71. The van der Waals surface area contributed by atoms with Crippen LogP contribution >= 0.6 is 0 Å². The molecule has 6 nitrogen and oxygen atoms in total. The lowest BCUT2D eigenvalue weighted by molar-refractivity contribution is -0.167. The van der Waals surface area contributed by atoms with Crippen molar-refractivity contribution in [1.82, 2.24) is 0 Å². The van der Waals surface area contributed by atoms with Crippen molar-refractivity contribution in [2.24, 2.45) is 0 Å². The number of carbonyl (C=O) groups excluding carboxylic acids is 3. The zero-order valence-corrected chi connectivity index (χ0v) is 49.1. The van der Waals surface area contributed by atoms with E-state index >= 15 is 0 Å². The van der Waals surface area contributed by atoms with Crippen LogP contribution in [0.3, 0.4) is 0 Å². The maximum absolute atomic E-state index is 12.9.